The highest BCUT2D eigenvalue weighted by atomic mass is 35.5. The van der Waals surface area contributed by atoms with Gasteiger partial charge in [-0.1, -0.05) is 23.7 Å². The lowest BCUT2D eigenvalue weighted by molar-refractivity contribution is -0.122. The SMILES string of the molecule is Cc1cc(C)cc(N2CC(C(=O)Nc3cc(Cl)ccc3C)CC2=O)c1. The van der Waals surface area contributed by atoms with Crippen molar-refractivity contribution in [2.24, 2.45) is 5.92 Å². The van der Waals surface area contributed by atoms with Gasteiger partial charge in [0.25, 0.3) is 0 Å². The molecule has 1 fully saturated rings. The van der Waals surface area contributed by atoms with E-state index in [9.17, 15) is 9.59 Å². The van der Waals surface area contributed by atoms with Crippen LogP contribution in [0.1, 0.15) is 23.1 Å². The lowest BCUT2D eigenvalue weighted by Crippen LogP contribution is -2.28. The van der Waals surface area contributed by atoms with Crippen LogP contribution in [0.4, 0.5) is 11.4 Å². The topological polar surface area (TPSA) is 49.4 Å². The van der Waals surface area contributed by atoms with Crippen LogP contribution in [-0.2, 0) is 9.59 Å². The van der Waals surface area contributed by atoms with E-state index in [-0.39, 0.29) is 24.2 Å². The maximum absolute atomic E-state index is 12.6. The number of nitrogens with zero attached hydrogens (tertiary/aromatic N) is 1. The Morgan fingerprint density at radius 3 is 2.48 bits per heavy atom. The van der Waals surface area contributed by atoms with Crippen molar-refractivity contribution >= 4 is 34.8 Å². The first-order chi connectivity index (χ1) is 11.8. The molecule has 3 rings (SSSR count). The minimum absolute atomic E-state index is 0.0204. The Kier molecular flexibility index (Phi) is 4.82. The Morgan fingerprint density at radius 1 is 1.12 bits per heavy atom. The second-order valence-corrected chi connectivity index (χ2v) is 7.14. The summed E-state index contributed by atoms with van der Waals surface area (Å²) in [7, 11) is 0. The average Bonchev–Trinajstić information content (AvgIpc) is 2.92. The van der Waals surface area contributed by atoms with Crippen LogP contribution in [0.3, 0.4) is 0 Å². The summed E-state index contributed by atoms with van der Waals surface area (Å²) in [5, 5.41) is 3.48. The molecule has 0 saturated carbocycles. The van der Waals surface area contributed by atoms with Crippen molar-refractivity contribution in [3.05, 3.63) is 58.1 Å². The summed E-state index contributed by atoms with van der Waals surface area (Å²) in [4.78, 5) is 26.7. The van der Waals surface area contributed by atoms with Crippen molar-refractivity contribution in [1.29, 1.82) is 0 Å². The van der Waals surface area contributed by atoms with Gasteiger partial charge in [0.15, 0.2) is 0 Å². The smallest absolute Gasteiger partial charge is 0.229 e. The van der Waals surface area contributed by atoms with Crippen molar-refractivity contribution in [2.75, 3.05) is 16.8 Å². The third-order valence-electron chi connectivity index (χ3n) is 4.47. The molecule has 2 aromatic rings. The summed E-state index contributed by atoms with van der Waals surface area (Å²) in [6.07, 6.45) is 0.221. The number of anilines is 2. The fourth-order valence-corrected chi connectivity index (χ4v) is 3.38. The van der Waals surface area contributed by atoms with Crippen LogP contribution in [0.2, 0.25) is 5.02 Å². The molecule has 1 aliphatic heterocycles. The van der Waals surface area contributed by atoms with E-state index in [4.69, 9.17) is 11.6 Å². The number of nitrogens with one attached hydrogen (secondary N) is 1. The minimum Gasteiger partial charge on any atom is -0.325 e. The average molecular weight is 357 g/mol. The third-order valence-corrected chi connectivity index (χ3v) is 4.71. The molecule has 4 nitrogen and oxygen atoms in total. The number of carbonyl (C=O) groups is 2. The van der Waals surface area contributed by atoms with Crippen LogP contribution in [0.5, 0.6) is 0 Å². The van der Waals surface area contributed by atoms with Gasteiger partial charge < -0.3 is 10.2 Å². The number of hydrogen-bond acceptors (Lipinski definition) is 2. The van der Waals surface area contributed by atoms with Gasteiger partial charge in [0.1, 0.15) is 0 Å². The number of amides is 2. The van der Waals surface area contributed by atoms with Gasteiger partial charge >= 0.3 is 0 Å². The van der Waals surface area contributed by atoms with Crippen LogP contribution < -0.4 is 10.2 Å². The van der Waals surface area contributed by atoms with E-state index in [2.05, 4.69) is 11.4 Å². The van der Waals surface area contributed by atoms with Gasteiger partial charge in [-0.05, 0) is 61.7 Å². The summed E-state index contributed by atoms with van der Waals surface area (Å²) in [5.41, 5.74) is 4.69. The van der Waals surface area contributed by atoms with Crippen molar-refractivity contribution < 1.29 is 9.59 Å². The molecule has 130 valence electrons. The second kappa shape index (κ2) is 6.89. The molecule has 0 aliphatic carbocycles. The molecular formula is C20H21ClN2O2. The summed E-state index contributed by atoms with van der Waals surface area (Å²) >= 11 is 6.00. The normalized spacial score (nSPS) is 17.0. The summed E-state index contributed by atoms with van der Waals surface area (Å²) in [5.74, 6) is -0.537. The van der Waals surface area contributed by atoms with Crippen molar-refractivity contribution in [3.63, 3.8) is 0 Å². The first-order valence-corrected chi connectivity index (χ1v) is 8.67. The van der Waals surface area contributed by atoms with Crippen LogP contribution >= 0.6 is 11.6 Å². The molecule has 0 bridgehead atoms. The molecule has 1 aliphatic rings. The Labute approximate surface area is 152 Å². The van der Waals surface area contributed by atoms with Crippen LogP contribution in [-0.4, -0.2) is 18.4 Å². The highest BCUT2D eigenvalue weighted by Crippen LogP contribution is 2.28. The highest BCUT2D eigenvalue weighted by molar-refractivity contribution is 6.31. The van der Waals surface area contributed by atoms with Gasteiger partial charge in [-0.2, -0.15) is 0 Å². The van der Waals surface area contributed by atoms with Gasteiger partial charge in [0.2, 0.25) is 11.8 Å². The molecule has 2 amide bonds. The Balaban J connectivity index is 1.75. The number of aryl methyl sites for hydroxylation is 3. The number of halogens is 1. The van der Waals surface area contributed by atoms with Gasteiger partial charge in [0, 0.05) is 29.4 Å². The van der Waals surface area contributed by atoms with E-state index in [1.807, 2.05) is 39.0 Å². The lowest BCUT2D eigenvalue weighted by Gasteiger charge is -2.18. The van der Waals surface area contributed by atoms with Crippen molar-refractivity contribution in [1.82, 2.24) is 0 Å². The first-order valence-electron chi connectivity index (χ1n) is 8.29. The Bertz CT molecular complexity index is 827. The first kappa shape index (κ1) is 17.5. The van der Waals surface area contributed by atoms with E-state index in [0.29, 0.717) is 17.3 Å². The zero-order valence-electron chi connectivity index (χ0n) is 14.6. The van der Waals surface area contributed by atoms with Gasteiger partial charge in [-0.3, -0.25) is 9.59 Å². The van der Waals surface area contributed by atoms with E-state index in [1.54, 1.807) is 17.0 Å². The minimum atomic E-state index is -0.369. The van der Waals surface area contributed by atoms with Crippen LogP contribution in [0.25, 0.3) is 0 Å². The highest BCUT2D eigenvalue weighted by Gasteiger charge is 2.35. The number of hydrogen-bond donors (Lipinski definition) is 1. The van der Waals surface area contributed by atoms with E-state index in [1.165, 1.54) is 0 Å². The molecule has 2 aromatic carbocycles. The number of benzene rings is 2. The zero-order chi connectivity index (χ0) is 18.1. The maximum atomic E-state index is 12.6. The van der Waals surface area contributed by atoms with Crippen molar-refractivity contribution in [2.45, 2.75) is 27.2 Å². The van der Waals surface area contributed by atoms with E-state index < -0.39 is 0 Å². The molecule has 1 saturated heterocycles. The molecule has 1 N–H and O–H groups in total. The van der Waals surface area contributed by atoms with Crippen LogP contribution in [0, 0.1) is 26.7 Å². The summed E-state index contributed by atoms with van der Waals surface area (Å²) in [6.45, 7) is 6.31. The molecule has 0 radical (unpaired) electrons. The number of carbonyl (C=O) groups excluding carboxylic acids is 2. The predicted octanol–water partition coefficient (Wildman–Crippen LogP) is 4.26. The second-order valence-electron chi connectivity index (χ2n) is 6.70. The predicted molar refractivity (Wildman–Crippen MR) is 101 cm³/mol. The molecule has 0 aromatic heterocycles. The molecule has 25 heavy (non-hydrogen) atoms. The van der Waals surface area contributed by atoms with Crippen LogP contribution in [0.15, 0.2) is 36.4 Å². The molecular weight excluding hydrogens is 336 g/mol. The van der Waals surface area contributed by atoms with Gasteiger partial charge in [0.05, 0.1) is 5.92 Å². The molecule has 1 unspecified atom stereocenters. The molecule has 1 heterocycles. The van der Waals surface area contributed by atoms with E-state index >= 15 is 0 Å². The standard InChI is InChI=1S/C20H21ClN2O2/c1-12-6-13(2)8-17(7-12)23-11-15(9-19(23)24)20(25)22-18-10-16(21)5-4-14(18)3/h4-8,10,15H,9,11H2,1-3H3,(H,22,25). The monoisotopic (exact) mass is 356 g/mol. The quantitative estimate of drug-likeness (QED) is 0.893. The summed E-state index contributed by atoms with van der Waals surface area (Å²) in [6, 6.07) is 11.4. The zero-order valence-corrected chi connectivity index (χ0v) is 15.4. The third kappa shape index (κ3) is 3.85. The summed E-state index contributed by atoms with van der Waals surface area (Å²) < 4.78 is 0. The van der Waals surface area contributed by atoms with Crippen molar-refractivity contribution in [3.8, 4) is 0 Å². The van der Waals surface area contributed by atoms with Gasteiger partial charge in [-0.25, -0.2) is 0 Å². The largest absolute Gasteiger partial charge is 0.325 e. The Hall–Kier alpha value is -2.33. The molecule has 0 spiro atoms. The lowest BCUT2D eigenvalue weighted by atomic mass is 10.1. The fraction of sp³-hybridized carbons (Fsp3) is 0.300. The molecule has 5 heteroatoms. The van der Waals surface area contributed by atoms with Gasteiger partial charge in [-0.15, -0.1) is 0 Å². The van der Waals surface area contributed by atoms with E-state index in [0.717, 1.165) is 22.4 Å². The number of rotatable bonds is 3. The Morgan fingerprint density at radius 2 is 1.80 bits per heavy atom. The fourth-order valence-electron chi connectivity index (χ4n) is 3.20. The molecule has 1 atom stereocenters. The maximum Gasteiger partial charge on any atom is 0.229 e.